The highest BCUT2D eigenvalue weighted by atomic mass is 35.5. The van der Waals surface area contributed by atoms with Crippen molar-refractivity contribution in [1.82, 2.24) is 14.3 Å². The fourth-order valence-electron chi connectivity index (χ4n) is 3.27. The number of sulfonamides is 1. The Morgan fingerprint density at radius 1 is 0.933 bits per heavy atom. The summed E-state index contributed by atoms with van der Waals surface area (Å²) in [4.78, 5) is 10.4. The van der Waals surface area contributed by atoms with Gasteiger partial charge in [0.1, 0.15) is 23.8 Å². The molecule has 0 N–H and O–H groups in total. The summed E-state index contributed by atoms with van der Waals surface area (Å²) >= 11 is 5.73. The Bertz CT molecular complexity index is 1180. The van der Waals surface area contributed by atoms with E-state index in [9.17, 15) is 17.2 Å². The van der Waals surface area contributed by atoms with Gasteiger partial charge in [-0.05, 0) is 30.3 Å². The van der Waals surface area contributed by atoms with Crippen LogP contribution in [0.1, 0.15) is 0 Å². The van der Waals surface area contributed by atoms with Gasteiger partial charge in [-0.15, -0.1) is 0 Å². The van der Waals surface area contributed by atoms with Gasteiger partial charge in [0.2, 0.25) is 10.0 Å². The maximum Gasteiger partial charge on any atom is 0.243 e. The van der Waals surface area contributed by atoms with Crippen LogP contribution in [0.5, 0.6) is 0 Å². The van der Waals surface area contributed by atoms with E-state index in [0.717, 1.165) is 12.1 Å². The Labute approximate surface area is 177 Å². The lowest BCUT2D eigenvalue weighted by Crippen LogP contribution is -2.48. The van der Waals surface area contributed by atoms with Crippen LogP contribution in [0, 0.1) is 11.6 Å². The summed E-state index contributed by atoms with van der Waals surface area (Å²) < 4.78 is 53.9. The summed E-state index contributed by atoms with van der Waals surface area (Å²) in [5.41, 5.74) is 1.21. The Morgan fingerprint density at radius 2 is 1.70 bits per heavy atom. The predicted molar refractivity (Wildman–Crippen MR) is 110 cm³/mol. The van der Waals surface area contributed by atoms with Crippen LogP contribution in [0.2, 0.25) is 5.02 Å². The molecule has 6 nitrogen and oxygen atoms in total. The number of piperazine rings is 1. The molecule has 3 aromatic rings. The summed E-state index contributed by atoms with van der Waals surface area (Å²) in [6.07, 6.45) is 1.40. The second-order valence-electron chi connectivity index (χ2n) is 6.74. The number of anilines is 1. The molecule has 156 valence electrons. The van der Waals surface area contributed by atoms with E-state index in [2.05, 4.69) is 9.97 Å². The quantitative estimate of drug-likeness (QED) is 0.607. The maximum atomic E-state index is 13.5. The molecule has 1 aliphatic heterocycles. The molecule has 0 unspecified atom stereocenters. The lowest BCUT2D eigenvalue weighted by molar-refractivity contribution is 0.383. The molecule has 30 heavy (non-hydrogen) atoms. The summed E-state index contributed by atoms with van der Waals surface area (Å²) in [6.45, 7) is 1.29. The third-order valence-corrected chi connectivity index (χ3v) is 7.05. The third-order valence-electron chi connectivity index (χ3n) is 4.86. The SMILES string of the molecule is O=S(=O)(c1ccc(F)c(Cl)c1)N1CCN(c2cc(-c3cccc(F)c3)ncn2)CC1. The third kappa shape index (κ3) is 4.14. The first-order valence-corrected chi connectivity index (χ1v) is 10.9. The molecule has 0 aliphatic carbocycles. The number of hydrogen-bond donors (Lipinski definition) is 0. The van der Waals surface area contributed by atoms with Gasteiger partial charge in [0, 0.05) is 37.8 Å². The second kappa shape index (κ2) is 8.25. The number of aromatic nitrogens is 2. The van der Waals surface area contributed by atoms with Gasteiger partial charge in [-0.2, -0.15) is 4.31 Å². The van der Waals surface area contributed by atoms with Crippen LogP contribution in [-0.4, -0.2) is 48.9 Å². The monoisotopic (exact) mass is 450 g/mol. The van der Waals surface area contributed by atoms with E-state index in [-0.39, 0.29) is 28.8 Å². The minimum Gasteiger partial charge on any atom is -0.354 e. The van der Waals surface area contributed by atoms with Crippen molar-refractivity contribution in [2.75, 3.05) is 31.1 Å². The zero-order valence-corrected chi connectivity index (χ0v) is 17.2. The second-order valence-corrected chi connectivity index (χ2v) is 9.08. The van der Waals surface area contributed by atoms with E-state index in [1.807, 2.05) is 4.90 Å². The van der Waals surface area contributed by atoms with Gasteiger partial charge in [-0.25, -0.2) is 27.2 Å². The van der Waals surface area contributed by atoms with E-state index in [1.165, 1.54) is 28.8 Å². The Hall–Kier alpha value is -2.62. The topological polar surface area (TPSA) is 66.4 Å². The van der Waals surface area contributed by atoms with E-state index < -0.39 is 15.8 Å². The summed E-state index contributed by atoms with van der Waals surface area (Å²) in [5, 5.41) is -0.236. The van der Waals surface area contributed by atoms with Gasteiger partial charge in [0.05, 0.1) is 15.6 Å². The molecule has 0 radical (unpaired) electrons. The first kappa shape index (κ1) is 20.6. The molecule has 1 fully saturated rings. The van der Waals surface area contributed by atoms with Crippen molar-refractivity contribution in [3.8, 4) is 11.3 Å². The van der Waals surface area contributed by atoms with Crippen molar-refractivity contribution in [3.05, 3.63) is 71.5 Å². The normalized spacial score (nSPS) is 15.4. The molecule has 1 aliphatic rings. The largest absolute Gasteiger partial charge is 0.354 e. The zero-order chi connectivity index (χ0) is 21.3. The van der Waals surface area contributed by atoms with E-state index in [1.54, 1.807) is 18.2 Å². The van der Waals surface area contributed by atoms with E-state index in [4.69, 9.17) is 11.6 Å². The van der Waals surface area contributed by atoms with E-state index in [0.29, 0.717) is 30.2 Å². The highest BCUT2D eigenvalue weighted by Gasteiger charge is 2.29. The van der Waals surface area contributed by atoms with Crippen molar-refractivity contribution >= 4 is 27.4 Å². The lowest BCUT2D eigenvalue weighted by atomic mass is 10.1. The van der Waals surface area contributed by atoms with Crippen LogP contribution in [0.3, 0.4) is 0 Å². The highest BCUT2D eigenvalue weighted by Crippen LogP contribution is 2.25. The molecule has 4 rings (SSSR count). The molecule has 1 saturated heterocycles. The van der Waals surface area contributed by atoms with Crippen LogP contribution in [0.4, 0.5) is 14.6 Å². The van der Waals surface area contributed by atoms with E-state index >= 15 is 0 Å². The minimum absolute atomic E-state index is 0.0437. The number of rotatable bonds is 4. The molecule has 1 aromatic heterocycles. The molecule has 0 spiro atoms. The molecule has 0 saturated carbocycles. The van der Waals surface area contributed by atoms with Crippen LogP contribution < -0.4 is 4.90 Å². The molecule has 0 amide bonds. The average Bonchev–Trinajstić information content (AvgIpc) is 2.76. The maximum absolute atomic E-state index is 13.5. The summed E-state index contributed by atoms with van der Waals surface area (Å²) in [5.74, 6) is -0.392. The summed E-state index contributed by atoms with van der Waals surface area (Å²) in [7, 11) is -3.78. The van der Waals surface area contributed by atoms with Crippen LogP contribution in [0.25, 0.3) is 11.3 Å². The van der Waals surface area contributed by atoms with Gasteiger partial charge in [-0.1, -0.05) is 23.7 Å². The van der Waals surface area contributed by atoms with Crippen LogP contribution >= 0.6 is 11.6 Å². The van der Waals surface area contributed by atoms with Gasteiger partial charge >= 0.3 is 0 Å². The lowest BCUT2D eigenvalue weighted by Gasteiger charge is -2.34. The first-order valence-electron chi connectivity index (χ1n) is 9.13. The van der Waals surface area contributed by atoms with Crippen LogP contribution in [0.15, 0.2) is 59.8 Å². The molecule has 10 heteroatoms. The van der Waals surface area contributed by atoms with Crippen molar-refractivity contribution < 1.29 is 17.2 Å². The smallest absolute Gasteiger partial charge is 0.243 e. The first-order chi connectivity index (χ1) is 14.3. The Morgan fingerprint density at radius 3 is 2.40 bits per heavy atom. The molecule has 0 bridgehead atoms. The number of hydrogen-bond acceptors (Lipinski definition) is 5. The fraction of sp³-hybridized carbons (Fsp3) is 0.200. The standard InChI is InChI=1S/C20H17ClF2N4O2S/c21-17-11-16(4-5-18(17)23)30(28,29)27-8-6-26(7-9-27)20-12-19(24-13-25-20)14-2-1-3-15(22)10-14/h1-5,10-13H,6-9H2. The predicted octanol–water partition coefficient (Wildman–Crippen LogP) is 3.59. The van der Waals surface area contributed by atoms with Crippen molar-refractivity contribution in [3.63, 3.8) is 0 Å². The fourth-order valence-corrected chi connectivity index (χ4v) is 4.96. The minimum atomic E-state index is -3.78. The van der Waals surface area contributed by atoms with Gasteiger partial charge < -0.3 is 4.90 Å². The Kier molecular flexibility index (Phi) is 5.68. The molecule has 2 heterocycles. The van der Waals surface area contributed by atoms with Crippen molar-refractivity contribution in [1.29, 1.82) is 0 Å². The molecular weight excluding hydrogens is 434 g/mol. The zero-order valence-electron chi connectivity index (χ0n) is 15.7. The van der Waals surface area contributed by atoms with Crippen molar-refractivity contribution in [2.45, 2.75) is 4.90 Å². The Balaban J connectivity index is 1.49. The highest BCUT2D eigenvalue weighted by molar-refractivity contribution is 7.89. The summed E-state index contributed by atoms with van der Waals surface area (Å²) in [6, 6.07) is 11.2. The van der Waals surface area contributed by atoms with Crippen LogP contribution in [-0.2, 0) is 10.0 Å². The molecular formula is C20H17ClF2N4O2S. The van der Waals surface area contributed by atoms with Gasteiger partial charge in [0.25, 0.3) is 0 Å². The number of halogens is 3. The van der Waals surface area contributed by atoms with Gasteiger partial charge in [0.15, 0.2) is 0 Å². The number of benzene rings is 2. The van der Waals surface area contributed by atoms with Gasteiger partial charge in [-0.3, -0.25) is 0 Å². The average molecular weight is 451 g/mol. The molecule has 2 aromatic carbocycles. The number of nitrogens with zero attached hydrogens (tertiary/aromatic N) is 4. The van der Waals surface area contributed by atoms with Crippen molar-refractivity contribution in [2.24, 2.45) is 0 Å². The molecule has 0 atom stereocenters.